The first-order valence-corrected chi connectivity index (χ1v) is 6.88. The van der Waals surface area contributed by atoms with Crippen molar-refractivity contribution in [3.63, 3.8) is 0 Å². The summed E-state index contributed by atoms with van der Waals surface area (Å²) in [5.74, 6) is -0.120. The number of carbonyl (C=O) groups excluding carboxylic acids is 1. The van der Waals surface area contributed by atoms with Crippen LogP contribution in [0.3, 0.4) is 0 Å². The van der Waals surface area contributed by atoms with Gasteiger partial charge in [0.2, 0.25) is 9.84 Å². The number of sulfone groups is 1. The van der Waals surface area contributed by atoms with E-state index in [0.29, 0.717) is 11.3 Å². The van der Waals surface area contributed by atoms with Gasteiger partial charge in [-0.3, -0.25) is 4.79 Å². The smallest absolute Gasteiger partial charge is 0.272 e. The Morgan fingerprint density at radius 1 is 1.33 bits per heavy atom. The van der Waals surface area contributed by atoms with Crippen LogP contribution in [-0.2, 0) is 9.84 Å². The maximum absolute atomic E-state index is 11.5. The highest BCUT2D eigenvalue weighted by molar-refractivity contribution is 7.90. The molecule has 0 atom stereocenters. The van der Waals surface area contributed by atoms with Gasteiger partial charge in [0, 0.05) is 11.8 Å². The van der Waals surface area contributed by atoms with Crippen LogP contribution in [-0.4, -0.2) is 40.7 Å². The van der Waals surface area contributed by atoms with Crippen molar-refractivity contribution in [3.05, 3.63) is 29.8 Å². The molecule has 0 radical (unpaired) electrons. The lowest BCUT2D eigenvalue weighted by Crippen LogP contribution is -2.09. The molecule has 1 aromatic carbocycles. The first kappa shape index (κ1) is 12.4. The Morgan fingerprint density at radius 2 is 2.06 bits per heavy atom. The average Bonchev–Trinajstić information content (AvgIpc) is 2.77. The second kappa shape index (κ2) is 4.30. The topological polar surface area (TPSA) is 94.8 Å². The third kappa shape index (κ3) is 2.28. The van der Waals surface area contributed by atoms with Crippen LogP contribution in [0.2, 0.25) is 0 Å². The van der Waals surface area contributed by atoms with Crippen LogP contribution in [0, 0.1) is 0 Å². The highest BCUT2D eigenvalue weighted by Crippen LogP contribution is 2.13. The number of rotatable bonds is 3. The van der Waals surface area contributed by atoms with Crippen LogP contribution in [0.4, 0.5) is 0 Å². The number of Topliss-reactive ketones (excluding diaryl/α,β-unsaturated/α-hetero) is 1. The van der Waals surface area contributed by atoms with Crippen LogP contribution in [0.1, 0.15) is 17.3 Å². The maximum Gasteiger partial charge on any atom is 0.272 e. The average molecular weight is 266 g/mol. The van der Waals surface area contributed by atoms with E-state index in [0.717, 1.165) is 10.9 Å². The molecule has 0 fully saturated rings. The summed E-state index contributed by atoms with van der Waals surface area (Å²) in [5, 5.41) is 10.2. The third-order valence-electron chi connectivity index (χ3n) is 2.27. The van der Waals surface area contributed by atoms with Gasteiger partial charge >= 0.3 is 0 Å². The van der Waals surface area contributed by atoms with Gasteiger partial charge in [0.1, 0.15) is 0 Å². The molecule has 94 valence electrons. The van der Waals surface area contributed by atoms with E-state index in [9.17, 15) is 13.2 Å². The zero-order valence-electron chi connectivity index (χ0n) is 9.73. The quantitative estimate of drug-likeness (QED) is 0.740. The van der Waals surface area contributed by atoms with Gasteiger partial charge in [-0.1, -0.05) is 17.2 Å². The van der Waals surface area contributed by atoms with Crippen molar-refractivity contribution in [2.75, 3.05) is 6.26 Å². The zero-order valence-corrected chi connectivity index (χ0v) is 10.5. The fourth-order valence-electron chi connectivity index (χ4n) is 1.43. The summed E-state index contributed by atoms with van der Waals surface area (Å²) in [6, 6.07) is 6.43. The summed E-state index contributed by atoms with van der Waals surface area (Å²) in [5.41, 5.74) is 0.885. The number of aromatic nitrogens is 4. The summed E-state index contributed by atoms with van der Waals surface area (Å²) in [6.45, 7) is 1.43. The Labute approximate surface area is 103 Å². The van der Waals surface area contributed by atoms with E-state index in [1.807, 2.05) is 0 Å². The van der Waals surface area contributed by atoms with E-state index in [2.05, 4.69) is 15.5 Å². The monoisotopic (exact) mass is 266 g/mol. The van der Waals surface area contributed by atoms with E-state index >= 15 is 0 Å². The van der Waals surface area contributed by atoms with Crippen LogP contribution in [0.25, 0.3) is 5.69 Å². The number of carbonyl (C=O) groups is 1. The number of hydrogen-bond acceptors (Lipinski definition) is 6. The van der Waals surface area contributed by atoms with Gasteiger partial charge < -0.3 is 0 Å². The number of ketones is 1. The Morgan fingerprint density at radius 3 is 2.67 bits per heavy atom. The largest absolute Gasteiger partial charge is 0.295 e. The molecule has 0 saturated heterocycles. The first-order valence-electron chi connectivity index (χ1n) is 4.99. The lowest BCUT2D eigenvalue weighted by molar-refractivity contribution is 0.101. The summed E-state index contributed by atoms with van der Waals surface area (Å²) < 4.78 is 24.0. The predicted octanol–water partition coefficient (Wildman–Crippen LogP) is 0.268. The van der Waals surface area contributed by atoms with Gasteiger partial charge in [0.05, 0.1) is 5.69 Å². The molecule has 0 unspecified atom stereocenters. The van der Waals surface area contributed by atoms with Crippen molar-refractivity contribution in [2.24, 2.45) is 0 Å². The fraction of sp³-hybridized carbons (Fsp3) is 0.200. The molecule has 0 amide bonds. The molecule has 0 N–H and O–H groups in total. The molecule has 2 rings (SSSR count). The van der Waals surface area contributed by atoms with E-state index < -0.39 is 9.84 Å². The molecule has 8 heteroatoms. The molecule has 1 heterocycles. The Balaban J connectivity index is 2.60. The normalized spacial score (nSPS) is 11.4. The minimum atomic E-state index is -3.53. The van der Waals surface area contributed by atoms with Crippen molar-refractivity contribution in [2.45, 2.75) is 12.1 Å². The van der Waals surface area contributed by atoms with Crippen LogP contribution in [0.15, 0.2) is 29.4 Å². The Kier molecular flexibility index (Phi) is 2.95. The first-order chi connectivity index (χ1) is 8.39. The van der Waals surface area contributed by atoms with E-state index in [1.54, 1.807) is 18.2 Å². The van der Waals surface area contributed by atoms with Crippen molar-refractivity contribution < 1.29 is 13.2 Å². The predicted molar refractivity (Wildman–Crippen MR) is 62.3 cm³/mol. The highest BCUT2D eigenvalue weighted by Gasteiger charge is 2.18. The molecule has 2 aromatic rings. The fourth-order valence-corrected chi connectivity index (χ4v) is 2.07. The summed E-state index contributed by atoms with van der Waals surface area (Å²) >= 11 is 0. The van der Waals surface area contributed by atoms with Crippen LogP contribution < -0.4 is 0 Å². The van der Waals surface area contributed by atoms with Gasteiger partial charge in [0.25, 0.3) is 5.16 Å². The van der Waals surface area contributed by atoms with E-state index in [4.69, 9.17) is 0 Å². The standard InChI is InChI=1S/C10H10N4O3S/c1-7(15)8-4-3-5-9(6-8)14-10(11-12-13-14)18(2,16)17/h3-6H,1-2H3. The molecular weight excluding hydrogens is 256 g/mol. The lowest BCUT2D eigenvalue weighted by Gasteiger charge is -2.04. The Bertz CT molecular complexity index is 705. The Hall–Kier alpha value is -2.09. The van der Waals surface area contributed by atoms with Crippen LogP contribution in [0.5, 0.6) is 0 Å². The number of benzene rings is 1. The number of tetrazole rings is 1. The number of nitrogens with zero attached hydrogens (tertiary/aromatic N) is 4. The van der Waals surface area contributed by atoms with Gasteiger partial charge in [-0.2, -0.15) is 4.68 Å². The van der Waals surface area contributed by atoms with Crippen molar-refractivity contribution >= 4 is 15.6 Å². The molecule has 0 saturated carbocycles. The van der Waals surface area contributed by atoms with Gasteiger partial charge in [-0.05, 0) is 29.5 Å². The summed E-state index contributed by atoms with van der Waals surface area (Å²) in [7, 11) is -3.53. The highest BCUT2D eigenvalue weighted by atomic mass is 32.2. The molecule has 0 aliphatic heterocycles. The van der Waals surface area contributed by atoms with Gasteiger partial charge in [-0.15, -0.1) is 0 Å². The van der Waals surface area contributed by atoms with Crippen molar-refractivity contribution in [1.29, 1.82) is 0 Å². The molecule has 0 bridgehead atoms. The molecule has 18 heavy (non-hydrogen) atoms. The van der Waals surface area contributed by atoms with Gasteiger partial charge in [0.15, 0.2) is 5.78 Å². The molecular formula is C10H10N4O3S. The summed E-state index contributed by atoms with van der Waals surface area (Å²) in [6.07, 6.45) is 1.02. The third-order valence-corrected chi connectivity index (χ3v) is 3.19. The number of hydrogen-bond donors (Lipinski definition) is 0. The molecule has 0 aliphatic carbocycles. The zero-order chi connectivity index (χ0) is 13.3. The minimum Gasteiger partial charge on any atom is -0.295 e. The lowest BCUT2D eigenvalue weighted by atomic mass is 10.1. The van der Waals surface area contributed by atoms with Crippen LogP contribution >= 0.6 is 0 Å². The molecule has 7 nitrogen and oxygen atoms in total. The maximum atomic E-state index is 11.5. The molecule has 0 aliphatic rings. The van der Waals surface area contributed by atoms with Crippen molar-refractivity contribution in [3.8, 4) is 5.69 Å². The van der Waals surface area contributed by atoms with E-state index in [1.165, 1.54) is 13.0 Å². The second-order valence-corrected chi connectivity index (χ2v) is 5.66. The second-order valence-electron chi connectivity index (χ2n) is 3.75. The van der Waals surface area contributed by atoms with Gasteiger partial charge in [-0.25, -0.2) is 8.42 Å². The SMILES string of the molecule is CC(=O)c1cccc(-n2nnnc2S(C)(=O)=O)c1. The minimum absolute atomic E-state index is 0.120. The molecule has 1 aromatic heterocycles. The van der Waals surface area contributed by atoms with Crippen molar-refractivity contribution in [1.82, 2.24) is 20.2 Å². The van der Waals surface area contributed by atoms with E-state index in [-0.39, 0.29) is 10.9 Å². The summed E-state index contributed by atoms with van der Waals surface area (Å²) in [4.78, 5) is 11.3. The molecule has 0 spiro atoms.